The van der Waals surface area contributed by atoms with Crippen LogP contribution in [0.3, 0.4) is 0 Å². The molecule has 0 saturated carbocycles. The van der Waals surface area contributed by atoms with Crippen molar-refractivity contribution in [1.82, 2.24) is 26.6 Å². The van der Waals surface area contributed by atoms with Crippen molar-refractivity contribution in [2.24, 2.45) is 22.2 Å². The van der Waals surface area contributed by atoms with E-state index in [-0.39, 0.29) is 51.5 Å². The van der Waals surface area contributed by atoms with Gasteiger partial charge in [0.05, 0.1) is 39.4 Å². The van der Waals surface area contributed by atoms with Crippen molar-refractivity contribution in [3.05, 3.63) is 35.9 Å². The second kappa shape index (κ2) is 24.4. The number of aliphatic carboxylic acids is 1. The Kier molecular flexibility index (Phi) is 20.9. The molecule has 0 bridgehead atoms. The van der Waals surface area contributed by atoms with Crippen LogP contribution in [0.5, 0.6) is 0 Å². The molecule has 0 spiro atoms. The number of carbonyl (C=O) groups excluding carboxylic acids is 5. The number of rotatable bonds is 25. The average Bonchev–Trinajstić information content (AvgIpc) is 3.04. The van der Waals surface area contributed by atoms with Gasteiger partial charge in [-0.1, -0.05) is 30.3 Å². The SMILES string of the molecule is NCCOCCOCCNC(=O)CCC(=O)N[C@@H](CCCN=C(N)N)C(=O)NCC(=O)N[C@@H](CC(=O)NCc1ccccc1)C(=O)O. The van der Waals surface area contributed by atoms with Crippen molar-refractivity contribution in [2.45, 2.75) is 50.7 Å². The lowest BCUT2D eigenvalue weighted by Gasteiger charge is -2.19. The number of nitrogens with zero attached hydrogens (tertiary/aromatic N) is 1. The van der Waals surface area contributed by atoms with Crippen LogP contribution in [0.4, 0.5) is 0 Å². The van der Waals surface area contributed by atoms with Crippen molar-refractivity contribution in [1.29, 1.82) is 0 Å². The Morgan fingerprint density at radius 2 is 1.45 bits per heavy atom. The zero-order valence-corrected chi connectivity index (χ0v) is 26.3. The number of carboxylic acids is 1. The summed E-state index contributed by atoms with van der Waals surface area (Å²) < 4.78 is 10.5. The number of aliphatic imine (C=N–C) groups is 1. The number of carboxylic acid groups (broad SMARTS) is 1. The van der Waals surface area contributed by atoms with E-state index in [0.29, 0.717) is 32.8 Å². The minimum Gasteiger partial charge on any atom is -0.480 e. The van der Waals surface area contributed by atoms with Crippen LogP contribution < -0.4 is 43.8 Å². The highest BCUT2D eigenvalue weighted by Gasteiger charge is 2.25. The number of carbonyl (C=O) groups is 6. The zero-order valence-electron chi connectivity index (χ0n) is 26.3. The molecule has 5 amide bonds. The number of nitrogens with one attached hydrogen (secondary N) is 5. The molecule has 0 aliphatic heterocycles. The Morgan fingerprint density at radius 3 is 2.11 bits per heavy atom. The summed E-state index contributed by atoms with van der Waals surface area (Å²) in [5.74, 6) is -4.76. The van der Waals surface area contributed by atoms with E-state index < -0.39 is 60.6 Å². The first-order valence-electron chi connectivity index (χ1n) is 15.1. The number of hydrogen-bond donors (Lipinski definition) is 9. The van der Waals surface area contributed by atoms with Gasteiger partial charge in [-0.3, -0.25) is 29.0 Å². The van der Waals surface area contributed by atoms with E-state index in [2.05, 4.69) is 31.6 Å². The van der Waals surface area contributed by atoms with Gasteiger partial charge in [0, 0.05) is 39.0 Å². The van der Waals surface area contributed by atoms with Gasteiger partial charge in [-0.2, -0.15) is 0 Å². The minimum absolute atomic E-state index is 0.0911. The van der Waals surface area contributed by atoms with Gasteiger partial charge in [0.25, 0.3) is 0 Å². The van der Waals surface area contributed by atoms with Gasteiger partial charge in [0.2, 0.25) is 29.5 Å². The van der Waals surface area contributed by atoms with Gasteiger partial charge in [0.1, 0.15) is 12.1 Å². The van der Waals surface area contributed by atoms with Gasteiger partial charge in [-0.25, -0.2) is 4.79 Å². The van der Waals surface area contributed by atoms with E-state index in [0.717, 1.165) is 5.56 Å². The molecule has 18 heteroatoms. The second-order valence-corrected chi connectivity index (χ2v) is 10.1. The van der Waals surface area contributed by atoms with Crippen LogP contribution in [0.25, 0.3) is 0 Å². The molecule has 1 rings (SSSR count). The number of amides is 5. The van der Waals surface area contributed by atoms with Gasteiger partial charge < -0.3 is 58.4 Å². The predicted molar refractivity (Wildman–Crippen MR) is 170 cm³/mol. The summed E-state index contributed by atoms with van der Waals surface area (Å²) in [5, 5.41) is 21.8. The van der Waals surface area contributed by atoms with E-state index in [1.54, 1.807) is 24.3 Å². The lowest BCUT2D eigenvalue weighted by Crippen LogP contribution is -2.51. The fourth-order valence-corrected chi connectivity index (χ4v) is 3.81. The zero-order chi connectivity index (χ0) is 34.9. The van der Waals surface area contributed by atoms with Gasteiger partial charge in [0.15, 0.2) is 5.96 Å². The third kappa shape index (κ3) is 20.8. The maximum Gasteiger partial charge on any atom is 0.326 e. The van der Waals surface area contributed by atoms with Crippen molar-refractivity contribution < 1.29 is 43.3 Å². The normalized spacial score (nSPS) is 11.8. The molecule has 0 heterocycles. The van der Waals surface area contributed by atoms with E-state index in [9.17, 15) is 33.9 Å². The van der Waals surface area contributed by atoms with E-state index in [4.69, 9.17) is 26.7 Å². The lowest BCUT2D eigenvalue weighted by molar-refractivity contribution is -0.143. The highest BCUT2D eigenvalue weighted by molar-refractivity contribution is 5.93. The highest BCUT2D eigenvalue weighted by atomic mass is 16.5. The quantitative estimate of drug-likeness (QED) is 0.0284. The predicted octanol–water partition coefficient (Wildman–Crippen LogP) is -3.19. The maximum absolute atomic E-state index is 12.9. The number of hydrogen-bond acceptors (Lipinski definition) is 10. The van der Waals surface area contributed by atoms with Gasteiger partial charge in [-0.05, 0) is 18.4 Å². The lowest BCUT2D eigenvalue weighted by atomic mass is 10.1. The molecule has 1 aromatic rings. The molecule has 0 radical (unpaired) electrons. The summed E-state index contributed by atoms with van der Waals surface area (Å²) >= 11 is 0. The Bertz CT molecular complexity index is 1170. The molecular formula is C29H47N9O9. The first kappa shape index (κ1) is 40.2. The van der Waals surface area contributed by atoms with E-state index in [1.807, 2.05) is 6.07 Å². The number of guanidine groups is 1. The summed E-state index contributed by atoms with van der Waals surface area (Å²) in [7, 11) is 0. The number of nitrogens with two attached hydrogens (primary N) is 3. The van der Waals surface area contributed by atoms with Crippen LogP contribution in [0, 0.1) is 0 Å². The first-order chi connectivity index (χ1) is 22.5. The molecule has 0 aromatic heterocycles. The Morgan fingerprint density at radius 1 is 0.787 bits per heavy atom. The van der Waals surface area contributed by atoms with Crippen LogP contribution in [0.1, 0.15) is 37.7 Å². The third-order valence-electron chi connectivity index (χ3n) is 6.16. The van der Waals surface area contributed by atoms with Crippen molar-refractivity contribution in [2.75, 3.05) is 52.6 Å². The van der Waals surface area contributed by atoms with Crippen molar-refractivity contribution >= 4 is 41.5 Å². The summed E-state index contributed by atoms with van der Waals surface area (Å²) in [5.41, 5.74) is 16.8. The Labute approximate surface area is 272 Å². The van der Waals surface area contributed by atoms with Crippen LogP contribution in [0.15, 0.2) is 35.3 Å². The standard InChI is InChI=1S/C29H47N9O9/c30-10-13-46-15-16-47-14-12-33-23(39)8-9-24(40)37-21(7-4-11-34-29(31)32)27(43)36-19-26(42)38-22(28(44)45)17-25(41)35-18-20-5-2-1-3-6-20/h1-3,5-6,21-22H,4,7-19,30H2,(H,33,39)(H,35,41)(H,36,43)(H,37,40)(H,38,42)(H,44,45)(H4,31,32,34)/t21-,22-/m0/s1. The topological polar surface area (TPSA) is 292 Å². The summed E-state index contributed by atoms with van der Waals surface area (Å²) in [6.45, 7) is 1.78. The molecule has 47 heavy (non-hydrogen) atoms. The minimum atomic E-state index is -1.54. The Balaban J connectivity index is 2.55. The van der Waals surface area contributed by atoms with Crippen molar-refractivity contribution in [3.8, 4) is 0 Å². The van der Waals surface area contributed by atoms with Crippen LogP contribution in [-0.4, -0.2) is 111 Å². The summed E-state index contributed by atoms with van der Waals surface area (Å²) in [4.78, 5) is 77.7. The molecule has 0 aliphatic carbocycles. The summed E-state index contributed by atoms with van der Waals surface area (Å²) in [6.07, 6.45) is -0.514. The highest BCUT2D eigenvalue weighted by Crippen LogP contribution is 2.02. The fourth-order valence-electron chi connectivity index (χ4n) is 3.81. The van der Waals surface area contributed by atoms with E-state index >= 15 is 0 Å². The third-order valence-corrected chi connectivity index (χ3v) is 6.16. The molecule has 2 atom stereocenters. The molecule has 18 nitrogen and oxygen atoms in total. The molecule has 0 fully saturated rings. The van der Waals surface area contributed by atoms with Crippen LogP contribution in [-0.2, 0) is 44.8 Å². The molecule has 12 N–H and O–H groups in total. The monoisotopic (exact) mass is 665 g/mol. The molecule has 1 aromatic carbocycles. The number of benzene rings is 1. The van der Waals surface area contributed by atoms with Crippen molar-refractivity contribution in [3.63, 3.8) is 0 Å². The molecular weight excluding hydrogens is 618 g/mol. The smallest absolute Gasteiger partial charge is 0.326 e. The first-order valence-corrected chi connectivity index (χ1v) is 15.1. The van der Waals surface area contributed by atoms with E-state index in [1.165, 1.54) is 0 Å². The number of ether oxygens (including phenoxy) is 2. The van der Waals surface area contributed by atoms with Gasteiger partial charge in [-0.15, -0.1) is 0 Å². The molecule has 0 aliphatic rings. The summed E-state index contributed by atoms with van der Waals surface area (Å²) in [6, 6.07) is 6.32. The Hall–Kier alpha value is -4.81. The van der Waals surface area contributed by atoms with Gasteiger partial charge >= 0.3 is 5.97 Å². The molecule has 0 unspecified atom stereocenters. The second-order valence-electron chi connectivity index (χ2n) is 10.1. The molecule has 0 saturated heterocycles. The average molecular weight is 666 g/mol. The maximum atomic E-state index is 12.9. The largest absolute Gasteiger partial charge is 0.480 e. The fraction of sp³-hybridized carbons (Fsp3) is 0.552. The van der Waals surface area contributed by atoms with Crippen LogP contribution in [0.2, 0.25) is 0 Å². The van der Waals surface area contributed by atoms with Crippen LogP contribution >= 0.6 is 0 Å². The molecule has 262 valence electrons.